The normalized spacial score (nSPS) is 13.2. The van der Waals surface area contributed by atoms with E-state index >= 15 is 0 Å². The molecular weight excluding hydrogens is 311 g/mol. The fraction of sp³-hybridized carbons (Fsp3) is 0.364. The van der Waals surface area contributed by atoms with E-state index in [4.69, 9.17) is 10.9 Å². The van der Waals surface area contributed by atoms with Crippen LogP contribution in [0, 0.1) is 0 Å². The second-order valence-corrected chi connectivity index (χ2v) is 6.01. The molecule has 1 rings (SSSR count). The van der Waals surface area contributed by atoms with E-state index in [2.05, 4.69) is 9.88 Å². The molecule has 0 spiro atoms. The molecule has 0 heterocycles. The lowest BCUT2D eigenvalue weighted by atomic mass is 10.1. The van der Waals surface area contributed by atoms with Crippen molar-refractivity contribution in [1.29, 1.82) is 0 Å². The zero-order valence-electron chi connectivity index (χ0n) is 11.0. The molecule has 0 aliphatic heterocycles. The Labute approximate surface area is 119 Å². The van der Waals surface area contributed by atoms with Gasteiger partial charge in [0.2, 0.25) is 10.0 Å². The van der Waals surface area contributed by atoms with E-state index in [0.29, 0.717) is 18.6 Å². The molecule has 10 heteroatoms. The Hall–Kier alpha value is -1.97. The fourth-order valence-electron chi connectivity index (χ4n) is 1.56. The first-order valence-corrected chi connectivity index (χ1v) is 7.45. The van der Waals surface area contributed by atoms with E-state index in [1.54, 1.807) is 6.92 Å². The number of hydrogen-bond acceptors (Lipinski definition) is 4. The number of nitrogens with one attached hydrogen (secondary N) is 1. The van der Waals surface area contributed by atoms with Gasteiger partial charge in [0, 0.05) is 5.56 Å². The summed E-state index contributed by atoms with van der Waals surface area (Å²) in [6, 6.07) is 2.24. The van der Waals surface area contributed by atoms with Crippen LogP contribution in [0.3, 0.4) is 0 Å². The molecule has 0 radical (unpaired) electrons. The van der Waals surface area contributed by atoms with Gasteiger partial charge in [-0.3, -0.25) is 4.72 Å². The summed E-state index contributed by atoms with van der Waals surface area (Å²) in [5, 5.41) is 11.2. The molecule has 0 amide bonds. The molecule has 4 N–H and O–H groups in total. The number of halogens is 3. The standard InChI is InChI=1S/C11H14F3N3O3S/c1-2-5-21(19,20)17-9-4-3-7(11(12,13)14)6-8(9)10(15)16-18/h3-4,6,17-18H,2,5H2,1H3,(H2,15,16). The van der Waals surface area contributed by atoms with Crippen molar-refractivity contribution in [3.8, 4) is 0 Å². The van der Waals surface area contributed by atoms with Gasteiger partial charge in [-0.1, -0.05) is 12.1 Å². The summed E-state index contributed by atoms with van der Waals surface area (Å²) in [5.41, 5.74) is 3.72. The number of rotatable bonds is 5. The van der Waals surface area contributed by atoms with Gasteiger partial charge < -0.3 is 10.9 Å². The maximum atomic E-state index is 12.6. The molecule has 6 nitrogen and oxygen atoms in total. The van der Waals surface area contributed by atoms with Gasteiger partial charge in [-0.2, -0.15) is 13.2 Å². The summed E-state index contributed by atoms with van der Waals surface area (Å²) in [6.45, 7) is 1.64. The fourth-order valence-corrected chi connectivity index (χ4v) is 2.72. The molecule has 118 valence electrons. The second kappa shape index (κ2) is 6.20. The Kier molecular flexibility index (Phi) is 5.05. The molecule has 0 bridgehead atoms. The van der Waals surface area contributed by atoms with Crippen LogP contribution in [0.4, 0.5) is 18.9 Å². The van der Waals surface area contributed by atoms with Crippen LogP contribution in [-0.2, 0) is 16.2 Å². The van der Waals surface area contributed by atoms with Crippen molar-refractivity contribution in [3.05, 3.63) is 29.3 Å². The van der Waals surface area contributed by atoms with Crippen LogP contribution in [0.25, 0.3) is 0 Å². The Bertz CT molecular complexity index is 642. The topological polar surface area (TPSA) is 105 Å². The smallest absolute Gasteiger partial charge is 0.409 e. The van der Waals surface area contributed by atoms with Gasteiger partial charge in [0.1, 0.15) is 0 Å². The Morgan fingerprint density at radius 2 is 2.05 bits per heavy atom. The quantitative estimate of drug-likeness (QED) is 0.333. The van der Waals surface area contributed by atoms with Gasteiger partial charge in [-0.15, -0.1) is 0 Å². The summed E-state index contributed by atoms with van der Waals surface area (Å²) in [5.74, 6) is -0.834. The molecular formula is C11H14F3N3O3S. The van der Waals surface area contributed by atoms with E-state index < -0.39 is 27.6 Å². The molecule has 1 aromatic carbocycles. The molecule has 0 aliphatic carbocycles. The molecule has 0 fully saturated rings. The van der Waals surface area contributed by atoms with E-state index in [-0.39, 0.29) is 17.0 Å². The summed E-state index contributed by atoms with van der Waals surface area (Å²) in [7, 11) is -3.72. The van der Waals surface area contributed by atoms with Gasteiger partial charge in [0.05, 0.1) is 17.0 Å². The average molecular weight is 325 g/mol. The van der Waals surface area contributed by atoms with Crippen LogP contribution >= 0.6 is 0 Å². The zero-order chi connectivity index (χ0) is 16.3. The van der Waals surface area contributed by atoms with Gasteiger partial charge in [0.15, 0.2) is 5.84 Å². The summed E-state index contributed by atoms with van der Waals surface area (Å²) >= 11 is 0. The Balaban J connectivity index is 3.33. The largest absolute Gasteiger partial charge is 0.416 e. The first-order valence-electron chi connectivity index (χ1n) is 5.80. The van der Waals surface area contributed by atoms with Crippen molar-refractivity contribution < 1.29 is 26.8 Å². The monoisotopic (exact) mass is 325 g/mol. The SMILES string of the molecule is CCCS(=O)(=O)Nc1ccc(C(F)(F)F)cc1/C(N)=N/O. The molecule has 0 saturated heterocycles. The van der Waals surface area contributed by atoms with Crippen molar-refractivity contribution in [2.24, 2.45) is 10.9 Å². The highest BCUT2D eigenvalue weighted by molar-refractivity contribution is 7.92. The van der Waals surface area contributed by atoms with Gasteiger partial charge in [-0.25, -0.2) is 8.42 Å². The lowest BCUT2D eigenvalue weighted by Gasteiger charge is -2.14. The molecule has 0 saturated carbocycles. The van der Waals surface area contributed by atoms with Crippen LogP contribution in [0.5, 0.6) is 0 Å². The molecule has 0 atom stereocenters. The molecule has 0 aliphatic rings. The van der Waals surface area contributed by atoms with Crippen molar-refractivity contribution in [1.82, 2.24) is 0 Å². The first-order chi connectivity index (χ1) is 9.60. The van der Waals surface area contributed by atoms with Crippen LogP contribution in [0.2, 0.25) is 0 Å². The predicted molar refractivity (Wildman–Crippen MR) is 71.7 cm³/mol. The zero-order valence-corrected chi connectivity index (χ0v) is 11.8. The molecule has 1 aromatic rings. The lowest BCUT2D eigenvalue weighted by molar-refractivity contribution is -0.137. The van der Waals surface area contributed by atoms with E-state index in [0.717, 1.165) is 6.07 Å². The van der Waals surface area contributed by atoms with Crippen molar-refractivity contribution in [2.75, 3.05) is 10.5 Å². The third-order valence-corrected chi connectivity index (χ3v) is 3.95. The number of benzene rings is 1. The van der Waals surface area contributed by atoms with Gasteiger partial charge >= 0.3 is 6.18 Å². The highest BCUT2D eigenvalue weighted by Crippen LogP contribution is 2.32. The summed E-state index contributed by atoms with van der Waals surface area (Å²) < 4.78 is 63.4. The third-order valence-electron chi connectivity index (χ3n) is 2.47. The number of amidine groups is 1. The summed E-state index contributed by atoms with van der Waals surface area (Å²) in [6.07, 6.45) is -4.31. The molecule has 0 unspecified atom stereocenters. The summed E-state index contributed by atoms with van der Waals surface area (Å²) in [4.78, 5) is 0. The maximum Gasteiger partial charge on any atom is 0.416 e. The Morgan fingerprint density at radius 1 is 1.43 bits per heavy atom. The number of nitrogens with zero attached hydrogens (tertiary/aromatic N) is 1. The second-order valence-electron chi connectivity index (χ2n) is 4.16. The molecule has 21 heavy (non-hydrogen) atoms. The maximum absolute atomic E-state index is 12.6. The lowest BCUT2D eigenvalue weighted by Crippen LogP contribution is -2.22. The third kappa shape index (κ3) is 4.52. The minimum atomic E-state index is -4.63. The average Bonchev–Trinajstić information content (AvgIpc) is 2.36. The van der Waals surface area contributed by atoms with Crippen molar-refractivity contribution >= 4 is 21.5 Å². The molecule has 0 aromatic heterocycles. The first kappa shape index (κ1) is 17.1. The van der Waals surface area contributed by atoms with Crippen LogP contribution in [0.1, 0.15) is 24.5 Å². The van der Waals surface area contributed by atoms with E-state index in [1.165, 1.54) is 0 Å². The number of sulfonamides is 1. The van der Waals surface area contributed by atoms with Crippen molar-refractivity contribution in [3.63, 3.8) is 0 Å². The van der Waals surface area contributed by atoms with Crippen LogP contribution in [-0.4, -0.2) is 25.2 Å². The highest BCUT2D eigenvalue weighted by atomic mass is 32.2. The predicted octanol–water partition coefficient (Wildman–Crippen LogP) is 1.95. The van der Waals surface area contributed by atoms with Crippen LogP contribution < -0.4 is 10.5 Å². The van der Waals surface area contributed by atoms with Gasteiger partial charge in [-0.05, 0) is 24.6 Å². The highest BCUT2D eigenvalue weighted by Gasteiger charge is 2.31. The van der Waals surface area contributed by atoms with Crippen LogP contribution in [0.15, 0.2) is 23.4 Å². The number of anilines is 1. The van der Waals surface area contributed by atoms with Gasteiger partial charge in [0.25, 0.3) is 0 Å². The number of nitrogens with two attached hydrogens (primary N) is 1. The van der Waals surface area contributed by atoms with E-state index in [9.17, 15) is 21.6 Å². The minimum Gasteiger partial charge on any atom is -0.409 e. The minimum absolute atomic E-state index is 0.188. The number of alkyl halides is 3. The number of hydrogen-bond donors (Lipinski definition) is 3. The number of oxime groups is 1. The van der Waals surface area contributed by atoms with Crippen molar-refractivity contribution in [2.45, 2.75) is 19.5 Å². The Morgan fingerprint density at radius 3 is 2.52 bits per heavy atom. The van der Waals surface area contributed by atoms with E-state index in [1.807, 2.05) is 0 Å².